The number of amides is 1. The molecule has 0 unspecified atom stereocenters. The highest BCUT2D eigenvalue weighted by Gasteiger charge is 2.33. The number of hydrogen-bond donors (Lipinski definition) is 1. The van der Waals surface area contributed by atoms with E-state index in [-0.39, 0.29) is 11.6 Å². The van der Waals surface area contributed by atoms with Crippen molar-refractivity contribution < 1.29 is 14.1 Å². The number of thioether (sulfide) groups is 1. The summed E-state index contributed by atoms with van der Waals surface area (Å²) >= 11 is 7.95. The minimum Gasteiger partial charge on any atom is -0.457 e. The first-order valence-electron chi connectivity index (χ1n) is 9.23. The predicted molar refractivity (Wildman–Crippen MR) is 129 cm³/mol. The third-order valence-electron chi connectivity index (χ3n) is 4.56. The molecule has 4 aromatic rings. The van der Waals surface area contributed by atoms with E-state index in [1.807, 2.05) is 24.3 Å². The van der Waals surface area contributed by atoms with Crippen LogP contribution in [0, 0.1) is 10.1 Å². The van der Waals surface area contributed by atoms with Gasteiger partial charge in [0.05, 0.1) is 20.0 Å². The molecule has 5 rings (SSSR count). The lowest BCUT2D eigenvalue weighted by Gasteiger charge is -2.14. The molecule has 0 spiro atoms. The molecule has 0 saturated carbocycles. The molecule has 1 N–H and O–H groups in total. The maximum atomic E-state index is 12.9. The lowest BCUT2D eigenvalue weighted by molar-refractivity contribution is -0.384. The number of hydrazine groups is 1. The van der Waals surface area contributed by atoms with Crippen molar-refractivity contribution in [1.82, 2.24) is 9.99 Å². The molecule has 3 heterocycles. The number of carbonyl (C=O) groups is 1. The van der Waals surface area contributed by atoms with Crippen LogP contribution in [0.3, 0.4) is 0 Å². The van der Waals surface area contributed by atoms with Crippen LogP contribution in [0.2, 0.25) is 0 Å². The van der Waals surface area contributed by atoms with Crippen LogP contribution in [0.1, 0.15) is 5.76 Å². The molecule has 32 heavy (non-hydrogen) atoms. The van der Waals surface area contributed by atoms with Crippen molar-refractivity contribution in [3.8, 4) is 11.3 Å². The topological polar surface area (TPSA) is 102 Å². The van der Waals surface area contributed by atoms with Gasteiger partial charge in [-0.1, -0.05) is 35.2 Å². The second kappa shape index (κ2) is 8.19. The van der Waals surface area contributed by atoms with Gasteiger partial charge in [0.15, 0.2) is 4.32 Å². The largest absolute Gasteiger partial charge is 0.457 e. The molecule has 1 fully saturated rings. The van der Waals surface area contributed by atoms with E-state index in [0.29, 0.717) is 31.4 Å². The summed E-state index contributed by atoms with van der Waals surface area (Å²) in [6.45, 7) is 0. The fourth-order valence-corrected chi connectivity index (χ4v) is 5.06. The Kier molecular flexibility index (Phi) is 5.21. The number of rotatable bonds is 5. The number of para-hydroxylation sites is 1. The third kappa shape index (κ3) is 3.88. The fourth-order valence-electron chi connectivity index (χ4n) is 3.04. The van der Waals surface area contributed by atoms with Crippen LogP contribution < -0.4 is 5.43 Å². The number of nitro benzene ring substituents is 1. The molecule has 2 aromatic heterocycles. The van der Waals surface area contributed by atoms with E-state index in [0.717, 1.165) is 22.0 Å². The Morgan fingerprint density at radius 2 is 1.91 bits per heavy atom. The van der Waals surface area contributed by atoms with E-state index in [1.54, 1.807) is 30.3 Å². The quantitative estimate of drug-likeness (QED) is 0.168. The number of aromatic nitrogens is 1. The summed E-state index contributed by atoms with van der Waals surface area (Å²) < 4.78 is 7.17. The highest BCUT2D eigenvalue weighted by Crippen LogP contribution is 2.35. The number of anilines is 1. The van der Waals surface area contributed by atoms with Crippen LogP contribution in [-0.2, 0) is 4.79 Å². The summed E-state index contributed by atoms with van der Waals surface area (Å²) in [5.41, 5.74) is 4.54. The van der Waals surface area contributed by atoms with Crippen molar-refractivity contribution >= 4 is 72.7 Å². The second-order valence-corrected chi connectivity index (χ2v) is 9.33. The van der Waals surface area contributed by atoms with Crippen LogP contribution in [0.5, 0.6) is 0 Å². The lowest BCUT2D eigenvalue weighted by atomic mass is 10.1. The van der Waals surface area contributed by atoms with Crippen LogP contribution >= 0.6 is 35.3 Å². The van der Waals surface area contributed by atoms with Gasteiger partial charge in [0.25, 0.3) is 11.6 Å². The van der Waals surface area contributed by atoms with Gasteiger partial charge in [-0.2, -0.15) is 5.01 Å². The van der Waals surface area contributed by atoms with Crippen LogP contribution in [0.25, 0.3) is 27.6 Å². The van der Waals surface area contributed by atoms with Gasteiger partial charge < -0.3 is 4.42 Å². The van der Waals surface area contributed by atoms with Gasteiger partial charge in [-0.25, -0.2) is 4.98 Å². The smallest absolute Gasteiger partial charge is 0.285 e. The maximum Gasteiger partial charge on any atom is 0.285 e. The van der Waals surface area contributed by atoms with Gasteiger partial charge in [0, 0.05) is 23.8 Å². The minimum absolute atomic E-state index is 0.00447. The second-order valence-electron chi connectivity index (χ2n) is 6.62. The van der Waals surface area contributed by atoms with Crippen molar-refractivity contribution in [2.75, 3.05) is 5.43 Å². The van der Waals surface area contributed by atoms with Crippen LogP contribution in [0.15, 0.2) is 70.0 Å². The average molecular weight is 481 g/mol. The Morgan fingerprint density at radius 1 is 1.12 bits per heavy atom. The Hall–Kier alpha value is -3.54. The van der Waals surface area contributed by atoms with E-state index < -0.39 is 4.92 Å². The molecule has 0 atom stereocenters. The van der Waals surface area contributed by atoms with Gasteiger partial charge in [0.2, 0.25) is 5.13 Å². The molecule has 1 aliphatic heterocycles. The highest BCUT2D eigenvalue weighted by atomic mass is 32.2. The Morgan fingerprint density at radius 3 is 2.66 bits per heavy atom. The molecule has 0 radical (unpaired) electrons. The number of carbonyl (C=O) groups excluding carboxylic acids is 1. The van der Waals surface area contributed by atoms with E-state index in [9.17, 15) is 14.9 Å². The zero-order valence-corrected chi connectivity index (χ0v) is 18.5. The average Bonchev–Trinajstić information content (AvgIpc) is 3.48. The van der Waals surface area contributed by atoms with Gasteiger partial charge in [-0.05, 0) is 48.6 Å². The van der Waals surface area contributed by atoms with Crippen molar-refractivity contribution in [1.29, 1.82) is 0 Å². The van der Waals surface area contributed by atoms with Crippen molar-refractivity contribution in [3.63, 3.8) is 0 Å². The number of hydrogen-bond acceptors (Lipinski definition) is 9. The first-order chi connectivity index (χ1) is 15.5. The summed E-state index contributed by atoms with van der Waals surface area (Å²) in [4.78, 5) is 28.1. The zero-order chi connectivity index (χ0) is 22.2. The summed E-state index contributed by atoms with van der Waals surface area (Å²) in [7, 11) is 0. The van der Waals surface area contributed by atoms with Crippen LogP contribution in [0.4, 0.5) is 10.8 Å². The van der Waals surface area contributed by atoms with Gasteiger partial charge >= 0.3 is 0 Å². The molecule has 1 amide bonds. The molecule has 11 heteroatoms. The highest BCUT2D eigenvalue weighted by molar-refractivity contribution is 8.26. The number of nitrogens with one attached hydrogen (secondary N) is 1. The van der Waals surface area contributed by atoms with E-state index >= 15 is 0 Å². The standard InChI is InChI=1S/C21H12N4O4S3/c26-19-18(11-14-9-10-16(29-14)12-5-7-13(8-6-12)25(27)28)32-21(30)24(19)23-20-22-15-3-1-2-4-17(15)31-20/h1-11H,(H,22,23). The van der Waals surface area contributed by atoms with Gasteiger partial charge in [0.1, 0.15) is 11.5 Å². The number of nitro groups is 1. The fraction of sp³-hybridized carbons (Fsp3) is 0. The van der Waals surface area contributed by atoms with Crippen molar-refractivity contribution in [3.05, 3.63) is 81.4 Å². The van der Waals surface area contributed by atoms with E-state index in [2.05, 4.69) is 10.4 Å². The van der Waals surface area contributed by atoms with E-state index in [4.69, 9.17) is 16.6 Å². The number of non-ortho nitro benzene ring substituents is 1. The van der Waals surface area contributed by atoms with Crippen molar-refractivity contribution in [2.24, 2.45) is 0 Å². The third-order valence-corrected chi connectivity index (χ3v) is 6.80. The summed E-state index contributed by atoms with van der Waals surface area (Å²) in [6.07, 6.45) is 1.62. The molecule has 158 valence electrons. The minimum atomic E-state index is -0.457. The summed E-state index contributed by atoms with van der Waals surface area (Å²) in [5, 5.41) is 12.7. The molecule has 0 bridgehead atoms. The van der Waals surface area contributed by atoms with Crippen molar-refractivity contribution in [2.45, 2.75) is 0 Å². The monoisotopic (exact) mass is 480 g/mol. The summed E-state index contributed by atoms with van der Waals surface area (Å²) in [5.74, 6) is 0.709. The first kappa shape index (κ1) is 20.4. The number of nitrogens with zero attached hydrogens (tertiary/aromatic N) is 3. The number of thiocarbonyl (C=S) groups is 1. The number of fused-ring (bicyclic) bond motifs is 1. The molecular formula is C21H12N4O4S3. The summed E-state index contributed by atoms with van der Waals surface area (Å²) in [6, 6.07) is 17.2. The number of thiazole rings is 1. The van der Waals surface area contributed by atoms with Crippen LogP contribution in [-0.4, -0.2) is 25.1 Å². The molecular weight excluding hydrogens is 468 g/mol. The number of benzene rings is 2. The molecule has 0 aliphatic carbocycles. The number of furan rings is 1. The normalized spacial score (nSPS) is 15.1. The van der Waals surface area contributed by atoms with Gasteiger partial charge in [-0.15, -0.1) is 0 Å². The zero-order valence-electron chi connectivity index (χ0n) is 16.1. The van der Waals surface area contributed by atoms with E-state index in [1.165, 1.54) is 28.5 Å². The lowest BCUT2D eigenvalue weighted by Crippen LogP contribution is -2.33. The molecule has 8 nitrogen and oxygen atoms in total. The maximum absolute atomic E-state index is 12.9. The SMILES string of the molecule is O=C1C(=Cc2ccc(-c3ccc([N+](=O)[O-])cc3)o2)SC(=S)N1Nc1nc2ccccc2s1. The predicted octanol–water partition coefficient (Wildman–Crippen LogP) is 5.69. The molecule has 1 saturated heterocycles. The van der Waals surface area contributed by atoms with Gasteiger partial charge in [-0.3, -0.25) is 20.3 Å². The Labute approximate surface area is 194 Å². The Balaban J connectivity index is 1.34. The molecule has 1 aliphatic rings. The Bertz CT molecular complexity index is 1370. The molecule has 2 aromatic carbocycles. The first-order valence-corrected chi connectivity index (χ1v) is 11.3.